The highest BCUT2D eigenvalue weighted by Crippen LogP contribution is 2.14. The first kappa shape index (κ1) is 8.02. The van der Waals surface area contributed by atoms with Crippen LogP contribution in [0.1, 0.15) is 6.42 Å². The lowest BCUT2D eigenvalue weighted by atomic mass is 10.1. The fourth-order valence-electron chi connectivity index (χ4n) is 1.58. The molecule has 0 bridgehead atoms. The largest absolute Gasteiger partial charge is 0.459 e. The zero-order valence-corrected chi connectivity index (χ0v) is 7.01. The molecule has 1 aliphatic rings. The molecule has 0 aromatic carbocycles. The van der Waals surface area contributed by atoms with Crippen molar-refractivity contribution >= 4 is 0 Å². The summed E-state index contributed by atoms with van der Waals surface area (Å²) < 4.78 is 0. The summed E-state index contributed by atoms with van der Waals surface area (Å²) in [6.45, 7) is 3.57. The Hall–Kier alpha value is -0.0800. The first-order valence-electron chi connectivity index (χ1n) is 3.88. The van der Waals surface area contributed by atoms with Crippen molar-refractivity contribution in [3.63, 3.8) is 0 Å². The van der Waals surface area contributed by atoms with Crippen molar-refractivity contribution in [3.05, 3.63) is 7.05 Å². The van der Waals surface area contributed by atoms with Crippen molar-refractivity contribution in [2.45, 2.75) is 6.42 Å². The third kappa shape index (κ3) is 2.27. The van der Waals surface area contributed by atoms with E-state index in [4.69, 9.17) is 0 Å². The second-order valence-corrected chi connectivity index (χ2v) is 3.49. The van der Waals surface area contributed by atoms with Crippen LogP contribution in [0.25, 0.3) is 0 Å². The Morgan fingerprint density at radius 2 is 2.30 bits per heavy atom. The standard InChI is InChI=1S/C8H17N2/c1-9(2)6-8-4-5-10(3)7-8/h8H,3-7H2,1-2H3/q-1/t8-/m0/s1. The van der Waals surface area contributed by atoms with E-state index in [1.165, 1.54) is 26.1 Å². The van der Waals surface area contributed by atoms with E-state index in [0.29, 0.717) is 0 Å². The average molecular weight is 141 g/mol. The van der Waals surface area contributed by atoms with Crippen molar-refractivity contribution in [3.8, 4) is 0 Å². The monoisotopic (exact) mass is 141 g/mol. The zero-order chi connectivity index (χ0) is 7.56. The van der Waals surface area contributed by atoms with Crippen LogP contribution in [0, 0.1) is 13.0 Å². The summed E-state index contributed by atoms with van der Waals surface area (Å²) in [6, 6.07) is 0. The molecular formula is C8H17N2-. The predicted octanol–water partition coefficient (Wildman–Crippen LogP) is 0.661. The second kappa shape index (κ2) is 3.35. The van der Waals surface area contributed by atoms with Crippen molar-refractivity contribution in [2.75, 3.05) is 33.7 Å². The Labute approximate surface area is 63.8 Å². The summed E-state index contributed by atoms with van der Waals surface area (Å²) in [5, 5.41) is 0. The van der Waals surface area contributed by atoms with Crippen molar-refractivity contribution in [2.24, 2.45) is 5.92 Å². The normalized spacial score (nSPS) is 28.2. The average Bonchev–Trinajstić information content (AvgIpc) is 2.13. The van der Waals surface area contributed by atoms with Gasteiger partial charge in [-0.1, -0.05) is 0 Å². The lowest BCUT2D eigenvalue weighted by molar-refractivity contribution is 0.323. The molecule has 1 fully saturated rings. The number of rotatable bonds is 2. The molecule has 1 rings (SSSR count). The Morgan fingerprint density at radius 1 is 1.60 bits per heavy atom. The van der Waals surface area contributed by atoms with E-state index in [0.717, 1.165) is 5.92 Å². The van der Waals surface area contributed by atoms with E-state index in [1.54, 1.807) is 0 Å². The first-order chi connectivity index (χ1) is 4.68. The second-order valence-electron chi connectivity index (χ2n) is 3.49. The van der Waals surface area contributed by atoms with Crippen LogP contribution in [0.2, 0.25) is 0 Å². The molecule has 10 heavy (non-hydrogen) atoms. The van der Waals surface area contributed by atoms with Gasteiger partial charge in [0.25, 0.3) is 0 Å². The van der Waals surface area contributed by atoms with Crippen LogP contribution in [-0.2, 0) is 0 Å². The zero-order valence-electron chi connectivity index (χ0n) is 7.01. The van der Waals surface area contributed by atoms with E-state index in [1.807, 2.05) is 0 Å². The lowest BCUT2D eigenvalue weighted by Crippen LogP contribution is -2.23. The van der Waals surface area contributed by atoms with Gasteiger partial charge >= 0.3 is 0 Å². The minimum absolute atomic E-state index is 0.854. The molecule has 0 saturated carbocycles. The molecule has 0 radical (unpaired) electrons. The smallest absolute Gasteiger partial charge is 0.00153 e. The summed E-state index contributed by atoms with van der Waals surface area (Å²) in [7, 11) is 8.17. The highest BCUT2D eigenvalue weighted by Gasteiger charge is 2.15. The topological polar surface area (TPSA) is 6.48 Å². The van der Waals surface area contributed by atoms with E-state index in [2.05, 4.69) is 30.9 Å². The quantitative estimate of drug-likeness (QED) is 0.521. The van der Waals surface area contributed by atoms with Gasteiger partial charge in [-0.05, 0) is 39.5 Å². The molecule has 2 nitrogen and oxygen atoms in total. The van der Waals surface area contributed by atoms with Gasteiger partial charge in [0, 0.05) is 6.54 Å². The van der Waals surface area contributed by atoms with Gasteiger partial charge < -0.3 is 9.80 Å². The Balaban J connectivity index is 2.18. The van der Waals surface area contributed by atoms with Crippen molar-refractivity contribution in [1.29, 1.82) is 0 Å². The molecule has 1 atom stereocenters. The van der Waals surface area contributed by atoms with Crippen LogP contribution in [0.4, 0.5) is 0 Å². The molecule has 1 aliphatic heterocycles. The molecule has 0 aromatic rings. The maximum Gasteiger partial charge on any atom is 0.00153 e. The molecule has 0 amide bonds. The third-order valence-corrected chi connectivity index (χ3v) is 1.99. The molecule has 2 heteroatoms. The molecule has 0 aliphatic carbocycles. The third-order valence-electron chi connectivity index (χ3n) is 1.99. The summed E-state index contributed by atoms with van der Waals surface area (Å²) in [5.41, 5.74) is 0. The Kier molecular flexibility index (Phi) is 2.69. The fourth-order valence-corrected chi connectivity index (χ4v) is 1.58. The van der Waals surface area contributed by atoms with Crippen LogP contribution < -0.4 is 0 Å². The van der Waals surface area contributed by atoms with Crippen molar-refractivity contribution in [1.82, 2.24) is 9.80 Å². The van der Waals surface area contributed by atoms with Crippen LogP contribution in [-0.4, -0.2) is 43.5 Å². The maximum absolute atomic E-state index is 3.91. The predicted molar refractivity (Wildman–Crippen MR) is 43.6 cm³/mol. The van der Waals surface area contributed by atoms with Crippen molar-refractivity contribution < 1.29 is 0 Å². The maximum atomic E-state index is 3.91. The molecule has 0 aromatic heterocycles. The lowest BCUT2D eigenvalue weighted by Gasteiger charge is -2.19. The van der Waals surface area contributed by atoms with Gasteiger partial charge in [-0.3, -0.25) is 7.05 Å². The molecule has 1 saturated heterocycles. The van der Waals surface area contributed by atoms with E-state index < -0.39 is 0 Å². The van der Waals surface area contributed by atoms with Crippen LogP contribution in [0.5, 0.6) is 0 Å². The summed E-state index contributed by atoms with van der Waals surface area (Å²) in [5.74, 6) is 0.854. The summed E-state index contributed by atoms with van der Waals surface area (Å²) in [4.78, 5) is 4.41. The number of hydrogen-bond donors (Lipinski definition) is 0. The first-order valence-corrected chi connectivity index (χ1v) is 3.88. The number of likely N-dealkylation sites (tertiary alicyclic amines) is 1. The van der Waals surface area contributed by atoms with Crippen LogP contribution >= 0.6 is 0 Å². The SMILES string of the molecule is [CH2-]N1CC[C@@H](CN(C)C)C1. The number of hydrogen-bond acceptors (Lipinski definition) is 2. The Morgan fingerprint density at radius 3 is 2.70 bits per heavy atom. The van der Waals surface area contributed by atoms with Crippen LogP contribution in [0.15, 0.2) is 0 Å². The van der Waals surface area contributed by atoms with Gasteiger partial charge in [-0.2, -0.15) is 0 Å². The molecule has 0 spiro atoms. The van der Waals surface area contributed by atoms with Gasteiger partial charge in [0.15, 0.2) is 0 Å². The highest BCUT2D eigenvalue weighted by molar-refractivity contribution is 4.75. The minimum atomic E-state index is 0.854. The molecule has 0 N–H and O–H groups in total. The van der Waals surface area contributed by atoms with Gasteiger partial charge in [-0.25, -0.2) is 0 Å². The summed E-state index contributed by atoms with van der Waals surface area (Å²) in [6.07, 6.45) is 1.32. The van der Waals surface area contributed by atoms with Gasteiger partial charge in [0.2, 0.25) is 0 Å². The summed E-state index contributed by atoms with van der Waals surface area (Å²) >= 11 is 0. The van der Waals surface area contributed by atoms with Gasteiger partial charge in [0.05, 0.1) is 0 Å². The fraction of sp³-hybridized carbons (Fsp3) is 0.875. The van der Waals surface area contributed by atoms with Gasteiger partial charge in [-0.15, -0.1) is 0 Å². The highest BCUT2D eigenvalue weighted by atomic mass is 15.1. The van der Waals surface area contributed by atoms with E-state index in [-0.39, 0.29) is 0 Å². The van der Waals surface area contributed by atoms with E-state index in [9.17, 15) is 0 Å². The van der Waals surface area contributed by atoms with E-state index >= 15 is 0 Å². The molecule has 60 valence electrons. The van der Waals surface area contributed by atoms with Gasteiger partial charge in [0.1, 0.15) is 0 Å². The molecule has 0 unspecified atom stereocenters. The molecule has 1 heterocycles. The Bertz CT molecular complexity index is 101. The number of nitrogens with zero attached hydrogens (tertiary/aromatic N) is 2. The molecular weight excluding hydrogens is 124 g/mol. The minimum Gasteiger partial charge on any atom is -0.459 e. The van der Waals surface area contributed by atoms with Crippen LogP contribution in [0.3, 0.4) is 0 Å².